The second kappa shape index (κ2) is 10.0. The molecule has 6 heteroatoms. The largest absolute Gasteiger partial charge is 0.481 e. The molecule has 2 aromatic carbocycles. The van der Waals surface area contributed by atoms with Crippen LogP contribution >= 0.6 is 0 Å². The molecule has 0 aliphatic rings. The average molecular weight is 400 g/mol. The molecule has 0 saturated heterocycles. The van der Waals surface area contributed by atoms with E-state index in [9.17, 15) is 14.0 Å². The fourth-order valence-corrected chi connectivity index (χ4v) is 2.94. The monoisotopic (exact) mass is 400 g/mol. The van der Waals surface area contributed by atoms with Crippen LogP contribution in [0.15, 0.2) is 54.6 Å². The van der Waals surface area contributed by atoms with E-state index in [1.807, 2.05) is 58.0 Å². The fraction of sp³-hybridized carbons (Fsp3) is 0.391. The average Bonchev–Trinajstić information content (AvgIpc) is 2.66. The van der Waals surface area contributed by atoms with Crippen LogP contribution in [-0.2, 0) is 16.1 Å². The summed E-state index contributed by atoms with van der Waals surface area (Å²) in [4.78, 5) is 27.3. The maximum absolute atomic E-state index is 13.8. The van der Waals surface area contributed by atoms with Gasteiger partial charge in [-0.25, -0.2) is 4.39 Å². The summed E-state index contributed by atoms with van der Waals surface area (Å²) in [5, 5.41) is 2.94. The number of nitrogens with zero attached hydrogens (tertiary/aromatic N) is 1. The molecule has 0 heterocycles. The summed E-state index contributed by atoms with van der Waals surface area (Å²) in [5.74, 6) is -1.14. The number of rotatable bonds is 8. The third-order valence-corrected chi connectivity index (χ3v) is 4.27. The maximum Gasteiger partial charge on any atom is 0.261 e. The molecular weight excluding hydrogens is 371 g/mol. The van der Waals surface area contributed by atoms with E-state index >= 15 is 0 Å². The van der Waals surface area contributed by atoms with Crippen LogP contribution in [0.5, 0.6) is 5.75 Å². The van der Waals surface area contributed by atoms with Crippen molar-refractivity contribution in [1.29, 1.82) is 0 Å². The molecule has 156 valence electrons. The number of benzene rings is 2. The first kappa shape index (κ1) is 22.4. The van der Waals surface area contributed by atoms with E-state index in [1.165, 1.54) is 17.0 Å². The van der Waals surface area contributed by atoms with Crippen molar-refractivity contribution in [1.82, 2.24) is 10.2 Å². The molecule has 0 saturated carbocycles. The van der Waals surface area contributed by atoms with Crippen LogP contribution in [0.1, 0.15) is 39.7 Å². The van der Waals surface area contributed by atoms with E-state index < -0.39 is 17.4 Å². The van der Waals surface area contributed by atoms with Gasteiger partial charge >= 0.3 is 0 Å². The molecule has 2 aromatic rings. The summed E-state index contributed by atoms with van der Waals surface area (Å²) < 4.78 is 19.2. The minimum absolute atomic E-state index is 0.00713. The standard InChI is InChI=1S/C23H29FN2O3/c1-5-19(22(28)25-23(2,3)4)26(15-17-11-7-6-8-12-17)21(27)16-29-20-14-10-9-13-18(20)24/h6-14,19H,5,15-16H2,1-4H3,(H,25,28). The zero-order valence-corrected chi connectivity index (χ0v) is 17.4. The van der Waals surface area contributed by atoms with Crippen molar-refractivity contribution in [2.24, 2.45) is 0 Å². The van der Waals surface area contributed by atoms with E-state index in [4.69, 9.17) is 4.74 Å². The Kier molecular flexibility index (Phi) is 7.76. The van der Waals surface area contributed by atoms with Gasteiger partial charge in [0.25, 0.3) is 5.91 Å². The topological polar surface area (TPSA) is 58.6 Å². The first-order chi connectivity index (χ1) is 13.7. The highest BCUT2D eigenvalue weighted by Gasteiger charge is 2.30. The lowest BCUT2D eigenvalue weighted by atomic mass is 10.1. The number of amides is 2. The van der Waals surface area contributed by atoms with Gasteiger partial charge in [-0.15, -0.1) is 0 Å². The summed E-state index contributed by atoms with van der Waals surface area (Å²) in [5.41, 5.74) is 0.476. The maximum atomic E-state index is 13.8. The zero-order valence-electron chi connectivity index (χ0n) is 17.4. The summed E-state index contributed by atoms with van der Waals surface area (Å²) in [7, 11) is 0. The van der Waals surface area contributed by atoms with Gasteiger partial charge in [0.15, 0.2) is 18.2 Å². The van der Waals surface area contributed by atoms with Gasteiger partial charge in [-0.2, -0.15) is 0 Å². The molecule has 0 aliphatic heterocycles. The first-order valence-electron chi connectivity index (χ1n) is 9.74. The van der Waals surface area contributed by atoms with E-state index in [1.54, 1.807) is 12.1 Å². The van der Waals surface area contributed by atoms with Crippen molar-refractivity contribution in [3.63, 3.8) is 0 Å². The lowest BCUT2D eigenvalue weighted by Gasteiger charge is -2.33. The van der Waals surface area contributed by atoms with Crippen LogP contribution in [0.25, 0.3) is 0 Å². The Morgan fingerprint density at radius 1 is 1.07 bits per heavy atom. The van der Waals surface area contributed by atoms with Gasteiger partial charge in [0.2, 0.25) is 5.91 Å². The number of hydrogen-bond acceptors (Lipinski definition) is 3. The molecule has 1 unspecified atom stereocenters. The number of carbonyl (C=O) groups excluding carboxylic acids is 2. The Morgan fingerprint density at radius 2 is 1.69 bits per heavy atom. The van der Waals surface area contributed by atoms with Crippen molar-refractivity contribution < 1.29 is 18.7 Å². The summed E-state index contributed by atoms with van der Waals surface area (Å²) in [6.45, 7) is 7.44. The molecule has 0 radical (unpaired) electrons. The molecule has 0 spiro atoms. The number of ether oxygens (including phenoxy) is 1. The first-order valence-corrected chi connectivity index (χ1v) is 9.74. The van der Waals surface area contributed by atoms with Gasteiger partial charge < -0.3 is 15.0 Å². The van der Waals surface area contributed by atoms with Crippen molar-refractivity contribution >= 4 is 11.8 Å². The minimum atomic E-state index is -0.661. The second-order valence-corrected chi connectivity index (χ2v) is 7.89. The van der Waals surface area contributed by atoms with Crippen LogP contribution in [0, 0.1) is 5.82 Å². The molecule has 0 fully saturated rings. The molecule has 0 aromatic heterocycles. The van der Waals surface area contributed by atoms with Gasteiger partial charge in [0.05, 0.1) is 0 Å². The molecule has 2 rings (SSSR count). The zero-order chi connectivity index (χ0) is 21.4. The number of carbonyl (C=O) groups is 2. The highest BCUT2D eigenvalue weighted by atomic mass is 19.1. The third kappa shape index (κ3) is 6.89. The van der Waals surface area contributed by atoms with E-state index in [-0.39, 0.29) is 30.7 Å². The number of nitrogens with one attached hydrogen (secondary N) is 1. The Morgan fingerprint density at radius 3 is 2.28 bits per heavy atom. The Hall–Kier alpha value is -2.89. The molecule has 1 N–H and O–H groups in total. The smallest absolute Gasteiger partial charge is 0.261 e. The van der Waals surface area contributed by atoms with Gasteiger partial charge in [-0.05, 0) is 44.9 Å². The van der Waals surface area contributed by atoms with Gasteiger partial charge in [0, 0.05) is 12.1 Å². The Labute approximate surface area is 171 Å². The second-order valence-electron chi connectivity index (χ2n) is 7.89. The van der Waals surface area contributed by atoms with Crippen LogP contribution in [0.3, 0.4) is 0 Å². The minimum Gasteiger partial charge on any atom is -0.481 e. The van der Waals surface area contributed by atoms with Gasteiger partial charge in [0.1, 0.15) is 6.04 Å². The lowest BCUT2D eigenvalue weighted by Crippen LogP contribution is -2.54. The number of para-hydroxylation sites is 1. The quantitative estimate of drug-likeness (QED) is 0.731. The molecule has 2 amide bonds. The van der Waals surface area contributed by atoms with Gasteiger partial charge in [-0.3, -0.25) is 9.59 Å². The van der Waals surface area contributed by atoms with E-state index in [0.717, 1.165) is 5.56 Å². The number of halogens is 1. The molecule has 1 atom stereocenters. The fourth-order valence-electron chi connectivity index (χ4n) is 2.94. The van der Waals surface area contributed by atoms with Crippen molar-refractivity contribution in [3.8, 4) is 5.75 Å². The van der Waals surface area contributed by atoms with E-state index in [2.05, 4.69) is 5.32 Å². The molecular formula is C23H29FN2O3. The predicted molar refractivity (Wildman–Crippen MR) is 111 cm³/mol. The van der Waals surface area contributed by atoms with Crippen LogP contribution in [0.2, 0.25) is 0 Å². The van der Waals surface area contributed by atoms with Crippen molar-refractivity contribution in [3.05, 3.63) is 66.0 Å². The SMILES string of the molecule is CCC(C(=O)NC(C)(C)C)N(Cc1ccccc1)C(=O)COc1ccccc1F. The number of hydrogen-bond donors (Lipinski definition) is 1. The van der Waals surface area contributed by atoms with Crippen molar-refractivity contribution in [2.75, 3.05) is 6.61 Å². The molecule has 5 nitrogen and oxygen atoms in total. The van der Waals surface area contributed by atoms with Crippen LogP contribution < -0.4 is 10.1 Å². The molecule has 0 bridgehead atoms. The van der Waals surface area contributed by atoms with Gasteiger partial charge in [-0.1, -0.05) is 49.4 Å². The normalized spacial score (nSPS) is 12.2. The Bertz CT molecular complexity index is 818. The lowest BCUT2D eigenvalue weighted by molar-refractivity contribution is -0.143. The third-order valence-electron chi connectivity index (χ3n) is 4.27. The Balaban J connectivity index is 2.21. The highest BCUT2D eigenvalue weighted by Crippen LogP contribution is 2.17. The molecule has 0 aliphatic carbocycles. The predicted octanol–water partition coefficient (Wildman–Crippen LogP) is 3.93. The summed E-state index contributed by atoms with van der Waals surface area (Å²) >= 11 is 0. The summed E-state index contributed by atoms with van der Waals surface area (Å²) in [6.07, 6.45) is 0.445. The van der Waals surface area contributed by atoms with Crippen LogP contribution in [-0.4, -0.2) is 34.9 Å². The van der Waals surface area contributed by atoms with E-state index in [0.29, 0.717) is 6.42 Å². The molecule has 29 heavy (non-hydrogen) atoms. The summed E-state index contributed by atoms with van der Waals surface area (Å²) in [6, 6.07) is 14.7. The van der Waals surface area contributed by atoms with Crippen LogP contribution in [0.4, 0.5) is 4.39 Å². The highest BCUT2D eigenvalue weighted by molar-refractivity contribution is 5.88. The van der Waals surface area contributed by atoms with Crippen molar-refractivity contribution in [2.45, 2.75) is 52.2 Å².